The normalized spacial score (nSPS) is 11.6. The topological polar surface area (TPSA) is 98.7 Å². The minimum Gasteiger partial charge on any atom is -0.444 e. The van der Waals surface area contributed by atoms with E-state index in [1.54, 1.807) is 27.0 Å². The van der Waals surface area contributed by atoms with Gasteiger partial charge in [0.05, 0.1) is 19.2 Å². The van der Waals surface area contributed by atoms with Crippen LogP contribution < -0.4 is 11.1 Å². The van der Waals surface area contributed by atoms with Crippen LogP contribution in [0.1, 0.15) is 32.3 Å². The number of hydrogen-bond donors (Lipinski definition) is 2. The van der Waals surface area contributed by atoms with Gasteiger partial charge in [-0.15, -0.1) is 11.3 Å². The molecule has 0 unspecified atom stereocenters. The number of fused-ring (bicyclic) bond motifs is 1. The van der Waals surface area contributed by atoms with Crippen LogP contribution in [0.2, 0.25) is 0 Å². The number of alkyl carbamates (subject to hydrolysis) is 1. The zero-order chi connectivity index (χ0) is 15.6. The lowest BCUT2D eigenvalue weighted by atomic mass is 10.2. The Balaban J connectivity index is 2.10. The van der Waals surface area contributed by atoms with E-state index in [2.05, 4.69) is 10.3 Å². The molecule has 0 aliphatic heterocycles. The first-order valence-electron chi connectivity index (χ1n) is 6.44. The average Bonchev–Trinajstić information content (AvgIpc) is 2.87. The third-order valence-corrected chi connectivity index (χ3v) is 3.47. The SMILES string of the molecule is CC(C)(C)OC(=O)NCc1ncc2scc(CC(N)=O)n12. The number of carbonyl (C=O) groups is 2. The summed E-state index contributed by atoms with van der Waals surface area (Å²) in [5.41, 5.74) is 5.44. The van der Waals surface area contributed by atoms with Crippen molar-refractivity contribution in [3.05, 3.63) is 23.1 Å². The molecular weight excluding hydrogens is 292 g/mol. The summed E-state index contributed by atoms with van der Waals surface area (Å²) < 4.78 is 6.99. The van der Waals surface area contributed by atoms with Crippen molar-refractivity contribution in [2.24, 2.45) is 5.73 Å². The van der Waals surface area contributed by atoms with Crippen LogP contribution in [0.15, 0.2) is 11.6 Å². The van der Waals surface area contributed by atoms with E-state index in [0.29, 0.717) is 5.82 Å². The van der Waals surface area contributed by atoms with Crippen molar-refractivity contribution in [2.75, 3.05) is 0 Å². The van der Waals surface area contributed by atoms with Gasteiger partial charge in [0.1, 0.15) is 16.3 Å². The molecule has 21 heavy (non-hydrogen) atoms. The van der Waals surface area contributed by atoms with Crippen molar-refractivity contribution in [3.63, 3.8) is 0 Å². The van der Waals surface area contributed by atoms with Crippen molar-refractivity contribution in [3.8, 4) is 0 Å². The molecule has 0 bridgehead atoms. The van der Waals surface area contributed by atoms with E-state index in [9.17, 15) is 9.59 Å². The zero-order valence-corrected chi connectivity index (χ0v) is 13.0. The van der Waals surface area contributed by atoms with Crippen LogP contribution in [-0.4, -0.2) is 27.0 Å². The van der Waals surface area contributed by atoms with Gasteiger partial charge in [0.15, 0.2) is 0 Å². The van der Waals surface area contributed by atoms with Crippen molar-refractivity contribution in [1.29, 1.82) is 0 Å². The summed E-state index contributed by atoms with van der Waals surface area (Å²) in [4.78, 5) is 27.9. The fourth-order valence-corrected chi connectivity index (χ4v) is 2.72. The second-order valence-electron chi connectivity index (χ2n) is 5.57. The second-order valence-corrected chi connectivity index (χ2v) is 6.46. The number of thiazole rings is 1. The highest BCUT2D eigenvalue weighted by Crippen LogP contribution is 2.19. The molecule has 0 aliphatic carbocycles. The molecule has 114 valence electrons. The molecule has 0 saturated carbocycles. The smallest absolute Gasteiger partial charge is 0.408 e. The van der Waals surface area contributed by atoms with Gasteiger partial charge < -0.3 is 15.8 Å². The van der Waals surface area contributed by atoms with Gasteiger partial charge in [0.25, 0.3) is 0 Å². The third kappa shape index (κ3) is 3.94. The standard InChI is InChI=1S/C13H18N4O3S/c1-13(2,3)20-12(19)16-5-10-15-6-11-17(10)8(7-21-11)4-9(14)18/h6-7H,4-5H2,1-3H3,(H2,14,18)(H,16,19). The quantitative estimate of drug-likeness (QED) is 0.892. The first-order chi connectivity index (χ1) is 9.76. The number of ether oxygens (including phenoxy) is 1. The summed E-state index contributed by atoms with van der Waals surface area (Å²) in [5.74, 6) is 0.225. The Morgan fingerprint density at radius 2 is 2.19 bits per heavy atom. The lowest BCUT2D eigenvalue weighted by Gasteiger charge is -2.19. The Morgan fingerprint density at radius 3 is 2.81 bits per heavy atom. The molecular formula is C13H18N4O3S. The molecule has 2 aromatic rings. The van der Waals surface area contributed by atoms with E-state index >= 15 is 0 Å². The van der Waals surface area contributed by atoms with E-state index in [4.69, 9.17) is 10.5 Å². The molecule has 0 spiro atoms. The summed E-state index contributed by atoms with van der Waals surface area (Å²) >= 11 is 1.47. The predicted octanol–water partition coefficient (Wildman–Crippen LogP) is 1.45. The lowest BCUT2D eigenvalue weighted by molar-refractivity contribution is -0.117. The number of carbonyl (C=O) groups excluding carboxylic acids is 2. The number of hydrogen-bond acceptors (Lipinski definition) is 5. The van der Waals surface area contributed by atoms with Crippen molar-refractivity contribution >= 4 is 28.2 Å². The molecule has 0 radical (unpaired) electrons. The largest absolute Gasteiger partial charge is 0.444 e. The number of nitrogens with one attached hydrogen (secondary N) is 1. The second kappa shape index (κ2) is 5.72. The Morgan fingerprint density at radius 1 is 1.48 bits per heavy atom. The number of nitrogens with zero attached hydrogens (tertiary/aromatic N) is 2. The van der Waals surface area contributed by atoms with Crippen LogP contribution in [0.4, 0.5) is 4.79 Å². The Hall–Kier alpha value is -2.09. The van der Waals surface area contributed by atoms with Gasteiger partial charge in [0, 0.05) is 11.1 Å². The van der Waals surface area contributed by atoms with Crippen LogP contribution in [0.3, 0.4) is 0 Å². The molecule has 2 aromatic heterocycles. The fraction of sp³-hybridized carbons (Fsp3) is 0.462. The van der Waals surface area contributed by atoms with Gasteiger partial charge in [0.2, 0.25) is 5.91 Å². The highest BCUT2D eigenvalue weighted by molar-refractivity contribution is 7.15. The highest BCUT2D eigenvalue weighted by Gasteiger charge is 2.17. The summed E-state index contributed by atoms with van der Waals surface area (Å²) in [6.45, 7) is 5.60. The first-order valence-corrected chi connectivity index (χ1v) is 7.32. The third-order valence-electron chi connectivity index (χ3n) is 2.55. The molecule has 3 N–H and O–H groups in total. The molecule has 7 nitrogen and oxygen atoms in total. The Kier molecular flexibility index (Phi) is 4.17. The van der Waals surface area contributed by atoms with Gasteiger partial charge in [-0.05, 0) is 20.8 Å². The van der Waals surface area contributed by atoms with Gasteiger partial charge >= 0.3 is 6.09 Å². The summed E-state index contributed by atoms with van der Waals surface area (Å²) in [6.07, 6.45) is 1.32. The van der Waals surface area contributed by atoms with E-state index in [1.165, 1.54) is 11.3 Å². The van der Waals surface area contributed by atoms with Crippen LogP contribution in [0, 0.1) is 0 Å². The van der Waals surface area contributed by atoms with Gasteiger partial charge in [-0.2, -0.15) is 0 Å². The van der Waals surface area contributed by atoms with Crippen molar-refractivity contribution in [1.82, 2.24) is 14.7 Å². The molecule has 0 atom stereocenters. The van der Waals surface area contributed by atoms with Gasteiger partial charge in [-0.1, -0.05) is 0 Å². The predicted molar refractivity (Wildman–Crippen MR) is 79.0 cm³/mol. The number of amides is 2. The molecule has 0 aromatic carbocycles. The lowest BCUT2D eigenvalue weighted by Crippen LogP contribution is -2.32. The molecule has 2 heterocycles. The molecule has 0 aliphatic rings. The maximum absolute atomic E-state index is 11.6. The molecule has 0 fully saturated rings. The Bertz CT molecular complexity index is 669. The minimum absolute atomic E-state index is 0.135. The summed E-state index contributed by atoms with van der Waals surface area (Å²) in [7, 11) is 0. The zero-order valence-electron chi connectivity index (χ0n) is 12.2. The van der Waals surface area contributed by atoms with Crippen LogP contribution in [0.25, 0.3) is 4.83 Å². The van der Waals surface area contributed by atoms with E-state index < -0.39 is 17.6 Å². The average molecular weight is 310 g/mol. The maximum atomic E-state index is 11.6. The monoisotopic (exact) mass is 310 g/mol. The van der Waals surface area contributed by atoms with Gasteiger partial charge in [-0.3, -0.25) is 9.20 Å². The number of rotatable bonds is 4. The Labute approximate surface area is 126 Å². The van der Waals surface area contributed by atoms with Crippen molar-refractivity contribution in [2.45, 2.75) is 39.3 Å². The van der Waals surface area contributed by atoms with Crippen LogP contribution in [0.5, 0.6) is 0 Å². The molecule has 0 saturated heterocycles. The number of imidazole rings is 1. The minimum atomic E-state index is -0.550. The summed E-state index contributed by atoms with van der Waals surface area (Å²) in [5, 5.41) is 4.51. The fourth-order valence-electron chi connectivity index (χ4n) is 1.83. The molecule has 8 heteroatoms. The molecule has 2 amide bonds. The van der Waals surface area contributed by atoms with E-state index in [0.717, 1.165) is 10.5 Å². The van der Waals surface area contributed by atoms with E-state index in [-0.39, 0.29) is 13.0 Å². The number of primary amides is 1. The van der Waals surface area contributed by atoms with Crippen LogP contribution in [-0.2, 0) is 22.5 Å². The summed E-state index contributed by atoms with van der Waals surface area (Å²) in [6, 6.07) is 0. The van der Waals surface area contributed by atoms with E-state index in [1.807, 2.05) is 9.78 Å². The molecule has 2 rings (SSSR count). The van der Waals surface area contributed by atoms with Crippen molar-refractivity contribution < 1.29 is 14.3 Å². The number of aromatic nitrogens is 2. The number of nitrogens with two attached hydrogens (primary N) is 1. The van der Waals surface area contributed by atoms with Gasteiger partial charge in [-0.25, -0.2) is 9.78 Å². The highest BCUT2D eigenvalue weighted by atomic mass is 32.1. The first kappa shape index (κ1) is 15.3. The van der Waals surface area contributed by atoms with Crippen LogP contribution >= 0.6 is 11.3 Å². The maximum Gasteiger partial charge on any atom is 0.408 e.